The number of carbonyl (C=O) groups excluding carboxylic acids is 2. The second-order valence-electron chi connectivity index (χ2n) is 4.32. The summed E-state index contributed by atoms with van der Waals surface area (Å²) in [6.45, 7) is 1.26. The summed E-state index contributed by atoms with van der Waals surface area (Å²) >= 11 is 0. The van der Waals surface area contributed by atoms with Crippen molar-refractivity contribution in [2.45, 2.75) is 0 Å². The number of nitrogens with zero attached hydrogens (tertiary/aromatic N) is 2. The van der Waals surface area contributed by atoms with E-state index in [9.17, 15) is 22.6 Å². The number of carbonyl (C=O) groups is 2. The van der Waals surface area contributed by atoms with Crippen molar-refractivity contribution < 1.29 is 56.5 Å². The SMILES string of the molecule is O=C(CSS(=O)(=O)[O-])N1CCN(C(=O)c2ccco2)CC1.[Na+]. The Labute approximate surface area is 153 Å². The maximum absolute atomic E-state index is 12.0. The zero-order valence-electron chi connectivity index (χ0n) is 11.9. The van der Waals surface area contributed by atoms with Crippen LogP contribution in [-0.4, -0.2) is 66.5 Å². The summed E-state index contributed by atoms with van der Waals surface area (Å²) in [5.74, 6) is -0.839. The Bertz CT molecular complexity index is 611. The van der Waals surface area contributed by atoms with Gasteiger partial charge < -0.3 is 18.8 Å². The Kier molecular flexibility index (Phi) is 7.42. The van der Waals surface area contributed by atoms with Gasteiger partial charge >= 0.3 is 29.6 Å². The van der Waals surface area contributed by atoms with Crippen LogP contribution in [0, 0.1) is 0 Å². The summed E-state index contributed by atoms with van der Waals surface area (Å²) in [7, 11) is -4.40. The van der Waals surface area contributed by atoms with Gasteiger partial charge in [-0.3, -0.25) is 9.59 Å². The molecule has 2 amide bonds. The van der Waals surface area contributed by atoms with Gasteiger partial charge in [0.2, 0.25) is 5.91 Å². The summed E-state index contributed by atoms with van der Waals surface area (Å²) in [5, 5.41) is 0. The van der Waals surface area contributed by atoms with E-state index in [4.69, 9.17) is 4.42 Å². The summed E-state index contributed by atoms with van der Waals surface area (Å²) in [6.07, 6.45) is 1.41. The molecule has 0 spiro atoms. The first-order valence-electron chi connectivity index (χ1n) is 6.07. The van der Waals surface area contributed by atoms with Crippen molar-refractivity contribution in [1.82, 2.24) is 9.80 Å². The second kappa shape index (κ2) is 8.37. The van der Waals surface area contributed by atoms with Crippen LogP contribution in [0.3, 0.4) is 0 Å². The van der Waals surface area contributed by atoms with E-state index in [0.29, 0.717) is 26.2 Å². The normalized spacial score (nSPS) is 15.3. The molecule has 0 bridgehead atoms. The molecule has 1 aromatic heterocycles. The predicted molar refractivity (Wildman–Crippen MR) is 73.3 cm³/mol. The van der Waals surface area contributed by atoms with Crippen LogP contribution in [0.25, 0.3) is 0 Å². The molecular formula is C11H13N2NaO6S2. The van der Waals surface area contributed by atoms with Gasteiger partial charge in [0.1, 0.15) is 9.15 Å². The van der Waals surface area contributed by atoms with Crippen LogP contribution in [0.4, 0.5) is 0 Å². The first-order valence-corrected chi connectivity index (χ1v) is 8.99. The number of furan rings is 1. The van der Waals surface area contributed by atoms with Crippen molar-refractivity contribution in [2.24, 2.45) is 0 Å². The van der Waals surface area contributed by atoms with E-state index in [-0.39, 0.29) is 52.0 Å². The fourth-order valence-electron chi connectivity index (χ4n) is 1.93. The summed E-state index contributed by atoms with van der Waals surface area (Å²) < 4.78 is 36.4. The number of amides is 2. The predicted octanol–water partition coefficient (Wildman–Crippen LogP) is -3.24. The summed E-state index contributed by atoms with van der Waals surface area (Å²) in [5.41, 5.74) is 0. The minimum Gasteiger partial charge on any atom is -0.739 e. The zero-order valence-corrected chi connectivity index (χ0v) is 15.6. The van der Waals surface area contributed by atoms with E-state index < -0.39 is 20.8 Å². The van der Waals surface area contributed by atoms with Crippen molar-refractivity contribution in [1.29, 1.82) is 0 Å². The van der Waals surface area contributed by atoms with Crippen LogP contribution in [0.1, 0.15) is 10.6 Å². The first-order chi connectivity index (χ1) is 9.87. The average Bonchev–Trinajstić information content (AvgIpc) is 2.97. The third-order valence-corrected chi connectivity index (χ3v) is 4.85. The van der Waals surface area contributed by atoms with Gasteiger partial charge in [-0.25, -0.2) is 8.42 Å². The van der Waals surface area contributed by atoms with E-state index in [2.05, 4.69) is 0 Å². The standard InChI is InChI=1S/C11H14N2O6S2.Na/c14-10(8-20-21(16,17)18)12-3-5-13(6-4-12)11(15)9-2-1-7-19-9;/h1-2,7H,3-6,8H2,(H,16,17,18);/q;+1/p-1. The second-order valence-corrected chi connectivity index (χ2v) is 7.59. The molecule has 0 radical (unpaired) electrons. The summed E-state index contributed by atoms with van der Waals surface area (Å²) in [6, 6.07) is 3.18. The minimum absolute atomic E-state index is 0. The molecule has 1 fully saturated rings. The van der Waals surface area contributed by atoms with Crippen LogP contribution < -0.4 is 29.6 Å². The van der Waals surface area contributed by atoms with E-state index in [0.717, 1.165) is 0 Å². The molecule has 116 valence electrons. The van der Waals surface area contributed by atoms with Gasteiger partial charge in [-0.1, -0.05) is 0 Å². The zero-order chi connectivity index (χ0) is 15.5. The molecule has 22 heavy (non-hydrogen) atoms. The number of rotatable bonds is 4. The quantitative estimate of drug-likeness (QED) is 0.317. The maximum atomic E-state index is 12.0. The third-order valence-electron chi connectivity index (χ3n) is 2.98. The van der Waals surface area contributed by atoms with Crippen molar-refractivity contribution in [2.75, 3.05) is 31.9 Å². The maximum Gasteiger partial charge on any atom is 1.00 e. The molecule has 0 N–H and O–H groups in total. The topological polar surface area (TPSA) is 111 Å². The Morgan fingerprint density at radius 2 is 1.82 bits per heavy atom. The van der Waals surface area contributed by atoms with Crippen LogP contribution >= 0.6 is 10.8 Å². The fourth-order valence-corrected chi connectivity index (χ4v) is 3.09. The van der Waals surface area contributed by atoms with Crippen molar-refractivity contribution in [3.05, 3.63) is 24.2 Å². The van der Waals surface area contributed by atoms with Gasteiger partial charge in [0.25, 0.3) is 5.91 Å². The molecule has 0 saturated carbocycles. The Morgan fingerprint density at radius 3 is 2.32 bits per heavy atom. The van der Waals surface area contributed by atoms with Crippen molar-refractivity contribution in [3.63, 3.8) is 0 Å². The van der Waals surface area contributed by atoms with Crippen LogP contribution in [-0.2, 0) is 13.9 Å². The number of hydrogen-bond donors (Lipinski definition) is 0. The molecular weight excluding hydrogens is 343 g/mol. The van der Waals surface area contributed by atoms with Gasteiger partial charge in [-0.2, -0.15) is 0 Å². The van der Waals surface area contributed by atoms with Crippen molar-refractivity contribution in [3.8, 4) is 0 Å². The van der Waals surface area contributed by atoms with E-state index in [1.54, 1.807) is 17.0 Å². The van der Waals surface area contributed by atoms with Gasteiger partial charge in [0.15, 0.2) is 5.76 Å². The molecule has 0 atom stereocenters. The molecule has 1 aliphatic heterocycles. The van der Waals surface area contributed by atoms with E-state index >= 15 is 0 Å². The number of hydrogen-bond acceptors (Lipinski definition) is 7. The van der Waals surface area contributed by atoms with Crippen LogP contribution in [0.5, 0.6) is 0 Å². The van der Waals surface area contributed by atoms with Gasteiger partial charge in [-0.15, -0.1) is 0 Å². The van der Waals surface area contributed by atoms with Crippen LogP contribution in [0.15, 0.2) is 22.8 Å². The molecule has 1 aromatic rings. The van der Waals surface area contributed by atoms with Gasteiger partial charge in [-0.05, 0) is 22.9 Å². The van der Waals surface area contributed by atoms with Crippen LogP contribution in [0.2, 0.25) is 0 Å². The number of piperazine rings is 1. The van der Waals surface area contributed by atoms with E-state index in [1.165, 1.54) is 11.2 Å². The average molecular weight is 356 g/mol. The molecule has 2 rings (SSSR count). The molecule has 0 aliphatic carbocycles. The first kappa shape index (κ1) is 19.5. The largest absolute Gasteiger partial charge is 1.00 e. The fraction of sp³-hybridized carbons (Fsp3) is 0.455. The van der Waals surface area contributed by atoms with Gasteiger partial charge in [0, 0.05) is 26.2 Å². The molecule has 1 aliphatic rings. The minimum atomic E-state index is -4.47. The molecule has 2 heterocycles. The Hall–Kier alpha value is -0.520. The van der Waals surface area contributed by atoms with Crippen molar-refractivity contribution >= 4 is 31.8 Å². The molecule has 11 heteroatoms. The smallest absolute Gasteiger partial charge is 0.739 e. The third kappa shape index (κ3) is 5.60. The Morgan fingerprint density at radius 1 is 1.23 bits per heavy atom. The summed E-state index contributed by atoms with van der Waals surface area (Å²) in [4.78, 5) is 26.7. The molecule has 1 saturated heterocycles. The van der Waals surface area contributed by atoms with Gasteiger partial charge in [0.05, 0.1) is 12.0 Å². The van der Waals surface area contributed by atoms with E-state index in [1.807, 2.05) is 0 Å². The molecule has 0 aromatic carbocycles. The molecule has 0 unspecified atom stereocenters. The Balaban J connectivity index is 0.00000242. The monoisotopic (exact) mass is 356 g/mol. The molecule has 8 nitrogen and oxygen atoms in total.